The fourth-order valence-electron chi connectivity index (χ4n) is 0.799. The Morgan fingerprint density at radius 2 is 2.18 bits per heavy atom. The van der Waals surface area contributed by atoms with Crippen molar-refractivity contribution in [2.75, 3.05) is 25.1 Å². The molecule has 0 radical (unpaired) electrons. The summed E-state index contributed by atoms with van der Waals surface area (Å²) in [4.78, 5) is 10.1. The van der Waals surface area contributed by atoms with Crippen LogP contribution in [0.4, 0.5) is 18.3 Å². The molecule has 1 rings (SSSR count). The molecule has 0 saturated heterocycles. The smallest absolute Gasteiger partial charge is 0.445 e. The number of anilines is 1. The molecule has 2 N–H and O–H groups in total. The molecule has 0 bridgehead atoms. The standard InChI is InChI=1S/C7H8F3N3O3S/c8-7(9,10)5-12-13-6(17-5)11-1-2-16-3-4(14)15/h1-3H2,(H,11,13)(H,14,15). The minimum absolute atomic E-state index is 0.0104. The van der Waals surface area contributed by atoms with Crippen molar-refractivity contribution in [3.8, 4) is 0 Å². The van der Waals surface area contributed by atoms with Crippen molar-refractivity contribution in [1.29, 1.82) is 0 Å². The number of carboxylic acid groups (broad SMARTS) is 1. The van der Waals surface area contributed by atoms with Crippen LogP contribution in [-0.4, -0.2) is 41.0 Å². The first kappa shape index (κ1) is 13.6. The molecule has 0 aliphatic carbocycles. The van der Waals surface area contributed by atoms with Crippen LogP contribution in [0.2, 0.25) is 0 Å². The SMILES string of the molecule is O=C(O)COCCNc1nnc(C(F)(F)F)s1. The number of hydrogen-bond donors (Lipinski definition) is 2. The highest BCUT2D eigenvalue weighted by molar-refractivity contribution is 7.15. The molecule has 0 aromatic carbocycles. The number of ether oxygens (including phenoxy) is 1. The maximum atomic E-state index is 12.1. The summed E-state index contributed by atoms with van der Waals surface area (Å²) in [5, 5.41) is 16.0. The van der Waals surface area contributed by atoms with E-state index in [1.807, 2.05) is 0 Å². The van der Waals surface area contributed by atoms with Gasteiger partial charge in [-0.2, -0.15) is 13.2 Å². The van der Waals surface area contributed by atoms with Gasteiger partial charge in [-0.3, -0.25) is 0 Å². The normalized spacial score (nSPS) is 11.5. The molecule has 10 heteroatoms. The van der Waals surface area contributed by atoms with Gasteiger partial charge in [0.25, 0.3) is 0 Å². The Kier molecular flexibility index (Phi) is 4.63. The van der Waals surface area contributed by atoms with E-state index in [4.69, 9.17) is 5.11 Å². The van der Waals surface area contributed by atoms with Crippen molar-refractivity contribution in [3.63, 3.8) is 0 Å². The van der Waals surface area contributed by atoms with Crippen LogP contribution in [-0.2, 0) is 15.7 Å². The molecule has 0 unspecified atom stereocenters. The first-order chi connectivity index (χ1) is 7.89. The predicted molar refractivity (Wildman–Crippen MR) is 51.9 cm³/mol. The van der Waals surface area contributed by atoms with E-state index in [-0.39, 0.29) is 18.3 Å². The van der Waals surface area contributed by atoms with Crippen LogP contribution in [0, 0.1) is 0 Å². The topological polar surface area (TPSA) is 84.3 Å². The molecule has 0 aliphatic heterocycles. The molecule has 1 aromatic rings. The number of alkyl halides is 3. The lowest BCUT2D eigenvalue weighted by atomic mass is 10.6. The van der Waals surface area contributed by atoms with Crippen molar-refractivity contribution >= 4 is 22.4 Å². The van der Waals surface area contributed by atoms with Gasteiger partial charge in [0.1, 0.15) is 6.61 Å². The van der Waals surface area contributed by atoms with E-state index in [2.05, 4.69) is 20.3 Å². The zero-order chi connectivity index (χ0) is 12.9. The third kappa shape index (κ3) is 4.95. The minimum Gasteiger partial charge on any atom is -0.480 e. The third-order valence-electron chi connectivity index (χ3n) is 1.42. The third-order valence-corrected chi connectivity index (χ3v) is 2.34. The van der Waals surface area contributed by atoms with Crippen LogP contribution in [0.1, 0.15) is 5.01 Å². The average molecular weight is 271 g/mol. The highest BCUT2D eigenvalue weighted by Crippen LogP contribution is 2.32. The van der Waals surface area contributed by atoms with E-state index in [0.717, 1.165) is 0 Å². The molecule has 96 valence electrons. The molecule has 0 amide bonds. The lowest BCUT2D eigenvalue weighted by Crippen LogP contribution is -2.13. The lowest BCUT2D eigenvalue weighted by Gasteiger charge is -2.01. The first-order valence-electron chi connectivity index (χ1n) is 4.33. The minimum atomic E-state index is -4.50. The van der Waals surface area contributed by atoms with Gasteiger partial charge in [-0.25, -0.2) is 4.79 Å². The second-order valence-electron chi connectivity index (χ2n) is 2.78. The van der Waals surface area contributed by atoms with Gasteiger partial charge < -0.3 is 15.2 Å². The first-order valence-corrected chi connectivity index (χ1v) is 5.15. The molecular formula is C7H8F3N3O3S. The van der Waals surface area contributed by atoms with Gasteiger partial charge in [0.05, 0.1) is 6.61 Å². The van der Waals surface area contributed by atoms with Crippen LogP contribution >= 0.6 is 11.3 Å². The van der Waals surface area contributed by atoms with Crippen LogP contribution in [0.5, 0.6) is 0 Å². The van der Waals surface area contributed by atoms with Gasteiger partial charge in [-0.1, -0.05) is 11.3 Å². The van der Waals surface area contributed by atoms with E-state index in [0.29, 0.717) is 11.3 Å². The summed E-state index contributed by atoms with van der Waals surface area (Å²) in [6, 6.07) is 0. The Balaban J connectivity index is 2.28. The maximum Gasteiger partial charge on any atom is 0.445 e. The Labute approximate surface area is 97.4 Å². The number of nitrogens with one attached hydrogen (secondary N) is 1. The van der Waals surface area contributed by atoms with Crippen molar-refractivity contribution in [2.24, 2.45) is 0 Å². The highest BCUT2D eigenvalue weighted by Gasteiger charge is 2.35. The predicted octanol–water partition coefficient (Wildman–Crippen LogP) is 1.07. The number of aromatic nitrogens is 2. The number of halogens is 3. The van der Waals surface area contributed by atoms with E-state index >= 15 is 0 Å². The summed E-state index contributed by atoms with van der Waals surface area (Å²) in [6.45, 7) is -0.251. The van der Waals surface area contributed by atoms with Crippen LogP contribution in [0.25, 0.3) is 0 Å². The fraction of sp³-hybridized carbons (Fsp3) is 0.571. The van der Waals surface area contributed by atoms with E-state index in [9.17, 15) is 18.0 Å². The zero-order valence-electron chi connectivity index (χ0n) is 8.32. The number of rotatable bonds is 6. The van der Waals surface area contributed by atoms with Crippen molar-refractivity contribution in [1.82, 2.24) is 10.2 Å². The molecule has 0 saturated carbocycles. The van der Waals surface area contributed by atoms with Crippen molar-refractivity contribution in [3.05, 3.63) is 5.01 Å². The number of nitrogens with zero attached hydrogens (tertiary/aromatic N) is 2. The monoisotopic (exact) mass is 271 g/mol. The lowest BCUT2D eigenvalue weighted by molar-refractivity contribution is -0.142. The summed E-state index contributed by atoms with van der Waals surface area (Å²) >= 11 is 0.374. The summed E-state index contributed by atoms with van der Waals surface area (Å²) in [6.07, 6.45) is -4.50. The van der Waals surface area contributed by atoms with Crippen molar-refractivity contribution < 1.29 is 27.8 Å². The molecule has 0 fully saturated rings. The maximum absolute atomic E-state index is 12.1. The number of aliphatic carboxylic acids is 1. The molecule has 0 aliphatic rings. The Hall–Kier alpha value is -1.42. The summed E-state index contributed by atoms with van der Waals surface area (Å²) in [5.74, 6) is -1.11. The Bertz CT molecular complexity index is 382. The summed E-state index contributed by atoms with van der Waals surface area (Å²) in [7, 11) is 0. The van der Waals surface area contributed by atoms with Gasteiger partial charge in [0.15, 0.2) is 0 Å². The van der Waals surface area contributed by atoms with Crippen LogP contribution in [0.3, 0.4) is 0 Å². The molecule has 6 nitrogen and oxygen atoms in total. The molecule has 17 heavy (non-hydrogen) atoms. The van der Waals surface area contributed by atoms with Gasteiger partial charge in [0, 0.05) is 6.54 Å². The highest BCUT2D eigenvalue weighted by atomic mass is 32.1. The number of carbonyl (C=O) groups is 1. The second-order valence-corrected chi connectivity index (χ2v) is 3.76. The summed E-state index contributed by atoms with van der Waals surface area (Å²) in [5.41, 5.74) is 0. The van der Waals surface area contributed by atoms with Crippen LogP contribution < -0.4 is 5.32 Å². The zero-order valence-corrected chi connectivity index (χ0v) is 9.14. The molecule has 1 aromatic heterocycles. The van der Waals surface area contributed by atoms with Gasteiger partial charge in [-0.15, -0.1) is 10.2 Å². The van der Waals surface area contributed by atoms with E-state index in [1.54, 1.807) is 0 Å². The van der Waals surface area contributed by atoms with Gasteiger partial charge in [-0.05, 0) is 0 Å². The fourth-order valence-corrected chi connectivity index (χ4v) is 1.44. The van der Waals surface area contributed by atoms with Crippen molar-refractivity contribution in [2.45, 2.75) is 6.18 Å². The number of hydrogen-bond acceptors (Lipinski definition) is 6. The van der Waals surface area contributed by atoms with Gasteiger partial charge in [0.2, 0.25) is 10.1 Å². The molecule has 0 atom stereocenters. The van der Waals surface area contributed by atoms with E-state index in [1.165, 1.54) is 0 Å². The second kappa shape index (κ2) is 5.77. The molecule has 0 spiro atoms. The van der Waals surface area contributed by atoms with E-state index < -0.39 is 23.8 Å². The van der Waals surface area contributed by atoms with Crippen LogP contribution in [0.15, 0.2) is 0 Å². The largest absolute Gasteiger partial charge is 0.480 e. The number of carboxylic acids is 1. The van der Waals surface area contributed by atoms with Gasteiger partial charge >= 0.3 is 12.1 Å². The Morgan fingerprint density at radius 3 is 2.71 bits per heavy atom. The summed E-state index contributed by atoms with van der Waals surface area (Å²) < 4.78 is 41.0. The quantitative estimate of drug-likeness (QED) is 0.753. The average Bonchev–Trinajstić information content (AvgIpc) is 2.64. The molecule has 1 heterocycles. The Morgan fingerprint density at radius 1 is 1.47 bits per heavy atom. The molecular weight excluding hydrogens is 263 g/mol.